The Hall–Kier alpha value is -2.35. The van der Waals surface area contributed by atoms with Crippen LogP contribution in [-0.4, -0.2) is 44.9 Å². The molecule has 2 aromatic heterocycles. The van der Waals surface area contributed by atoms with Crippen LogP contribution in [0.15, 0.2) is 21.2 Å². The lowest BCUT2D eigenvalue weighted by Crippen LogP contribution is -2.44. The van der Waals surface area contributed by atoms with E-state index in [2.05, 4.69) is 16.3 Å². The van der Waals surface area contributed by atoms with Crippen LogP contribution >= 0.6 is 0 Å². The van der Waals surface area contributed by atoms with E-state index in [1.54, 1.807) is 7.05 Å². The molecule has 0 bridgehead atoms. The van der Waals surface area contributed by atoms with Crippen molar-refractivity contribution in [2.24, 2.45) is 7.05 Å². The summed E-state index contributed by atoms with van der Waals surface area (Å²) in [4.78, 5) is 32.6. The summed E-state index contributed by atoms with van der Waals surface area (Å²) in [6.07, 6.45) is 2.81. The predicted molar refractivity (Wildman–Crippen MR) is 104 cm³/mol. The average molecular weight is 360 g/mol. The minimum atomic E-state index is -0.303. The fraction of sp³-hybridized carbons (Fsp3) is 0.611. The third-order valence-electron chi connectivity index (χ3n) is 4.74. The summed E-state index contributed by atoms with van der Waals surface area (Å²) in [7, 11) is 1.69. The molecule has 26 heavy (non-hydrogen) atoms. The summed E-state index contributed by atoms with van der Waals surface area (Å²) in [5, 5.41) is 3.33. The van der Waals surface area contributed by atoms with Gasteiger partial charge in [0.2, 0.25) is 5.95 Å². The lowest BCUT2D eigenvalue weighted by molar-refractivity contribution is 0.571. The highest BCUT2D eigenvalue weighted by Crippen LogP contribution is 2.20. The van der Waals surface area contributed by atoms with Gasteiger partial charge in [-0.1, -0.05) is 18.6 Å². The van der Waals surface area contributed by atoms with Gasteiger partial charge in [0.25, 0.3) is 5.56 Å². The molecule has 3 rings (SSSR count). The van der Waals surface area contributed by atoms with E-state index in [-0.39, 0.29) is 11.2 Å². The van der Waals surface area contributed by atoms with Crippen molar-refractivity contribution in [1.29, 1.82) is 0 Å². The topological polar surface area (TPSA) is 77.1 Å². The number of hydrogen-bond donors (Lipinski definition) is 1. The highest BCUT2D eigenvalue weighted by Gasteiger charge is 2.23. The molecular weight excluding hydrogens is 332 g/mol. The molecule has 0 atom stereocenters. The van der Waals surface area contributed by atoms with Crippen molar-refractivity contribution >= 4 is 17.1 Å². The smallest absolute Gasteiger partial charge is 0.332 e. The Morgan fingerprint density at radius 2 is 1.88 bits per heavy atom. The molecule has 0 spiro atoms. The molecule has 8 nitrogen and oxygen atoms in total. The van der Waals surface area contributed by atoms with Crippen LogP contribution in [0.1, 0.15) is 27.2 Å². The molecule has 142 valence electrons. The molecule has 1 aliphatic rings. The van der Waals surface area contributed by atoms with Gasteiger partial charge in [0.15, 0.2) is 11.2 Å². The molecule has 1 aliphatic heterocycles. The summed E-state index contributed by atoms with van der Waals surface area (Å²) in [6.45, 7) is 10.4. The SMILES string of the molecule is CCCn1c(=O)c2c(nc(N3CCNCC3)n2CC=C(C)C)n(C)c1=O. The first kappa shape index (κ1) is 18.4. The zero-order valence-electron chi connectivity index (χ0n) is 16.1. The lowest BCUT2D eigenvalue weighted by atomic mass is 10.3. The number of anilines is 1. The fourth-order valence-corrected chi connectivity index (χ4v) is 3.33. The van der Waals surface area contributed by atoms with Gasteiger partial charge in [-0.25, -0.2) is 4.79 Å². The second-order valence-corrected chi connectivity index (χ2v) is 7.01. The summed E-state index contributed by atoms with van der Waals surface area (Å²) >= 11 is 0. The first-order valence-electron chi connectivity index (χ1n) is 9.24. The molecule has 0 aliphatic carbocycles. The van der Waals surface area contributed by atoms with Gasteiger partial charge in [0, 0.05) is 46.3 Å². The minimum absolute atomic E-state index is 0.249. The highest BCUT2D eigenvalue weighted by atomic mass is 16.2. The van der Waals surface area contributed by atoms with Crippen LogP contribution in [0.4, 0.5) is 5.95 Å². The molecule has 0 saturated carbocycles. The average Bonchev–Trinajstić information content (AvgIpc) is 3.02. The Kier molecular flexibility index (Phi) is 5.31. The molecule has 2 aromatic rings. The molecule has 0 amide bonds. The van der Waals surface area contributed by atoms with E-state index in [1.165, 1.54) is 14.7 Å². The number of aromatic nitrogens is 4. The van der Waals surface area contributed by atoms with Gasteiger partial charge >= 0.3 is 5.69 Å². The Bertz CT molecular complexity index is 939. The molecule has 1 fully saturated rings. The third-order valence-corrected chi connectivity index (χ3v) is 4.74. The monoisotopic (exact) mass is 360 g/mol. The van der Waals surface area contributed by atoms with E-state index in [4.69, 9.17) is 4.98 Å². The maximum absolute atomic E-state index is 13.1. The van der Waals surface area contributed by atoms with E-state index in [1.807, 2.05) is 25.3 Å². The number of fused-ring (bicyclic) bond motifs is 1. The number of nitrogens with one attached hydrogen (secondary N) is 1. The van der Waals surface area contributed by atoms with Crippen LogP contribution in [-0.2, 0) is 20.1 Å². The van der Waals surface area contributed by atoms with Crippen LogP contribution in [0.3, 0.4) is 0 Å². The van der Waals surface area contributed by atoms with Gasteiger partial charge in [-0.15, -0.1) is 0 Å². The van der Waals surface area contributed by atoms with Crippen molar-refractivity contribution in [3.05, 3.63) is 32.5 Å². The molecule has 8 heteroatoms. The standard InChI is InChI=1S/C18H28N6O2/c1-5-9-24-16(25)14-15(21(4)18(24)26)20-17(22-11-7-19-8-12-22)23(14)10-6-13(2)3/h6,19H,5,7-12H2,1-4H3. The van der Waals surface area contributed by atoms with E-state index < -0.39 is 0 Å². The van der Waals surface area contributed by atoms with Crippen molar-refractivity contribution in [2.45, 2.75) is 40.3 Å². The fourth-order valence-electron chi connectivity index (χ4n) is 3.33. The molecule has 0 radical (unpaired) electrons. The van der Waals surface area contributed by atoms with Gasteiger partial charge in [-0.05, 0) is 20.3 Å². The second kappa shape index (κ2) is 7.49. The van der Waals surface area contributed by atoms with Gasteiger partial charge in [0.1, 0.15) is 0 Å². The van der Waals surface area contributed by atoms with Crippen LogP contribution in [0.2, 0.25) is 0 Å². The Balaban J connectivity index is 2.29. The van der Waals surface area contributed by atoms with Crippen molar-refractivity contribution in [3.63, 3.8) is 0 Å². The number of imidazole rings is 1. The Morgan fingerprint density at radius 1 is 1.19 bits per heavy atom. The first-order valence-corrected chi connectivity index (χ1v) is 9.24. The lowest BCUT2D eigenvalue weighted by Gasteiger charge is -2.28. The summed E-state index contributed by atoms with van der Waals surface area (Å²) < 4.78 is 4.78. The van der Waals surface area contributed by atoms with Crippen molar-refractivity contribution in [1.82, 2.24) is 24.0 Å². The largest absolute Gasteiger partial charge is 0.340 e. The van der Waals surface area contributed by atoms with Crippen molar-refractivity contribution in [2.75, 3.05) is 31.1 Å². The summed E-state index contributed by atoms with van der Waals surface area (Å²) in [5.41, 5.74) is 1.59. The molecular formula is C18H28N6O2. The summed E-state index contributed by atoms with van der Waals surface area (Å²) in [5.74, 6) is 0.764. The minimum Gasteiger partial charge on any atom is -0.340 e. The summed E-state index contributed by atoms with van der Waals surface area (Å²) in [6, 6.07) is 0. The highest BCUT2D eigenvalue weighted by molar-refractivity contribution is 5.74. The van der Waals surface area contributed by atoms with Gasteiger partial charge < -0.3 is 14.8 Å². The normalized spacial score (nSPS) is 14.8. The Labute approximate surface area is 152 Å². The molecule has 3 heterocycles. The predicted octanol–water partition coefficient (Wildman–Crippen LogP) is 0.682. The van der Waals surface area contributed by atoms with E-state index in [0.29, 0.717) is 24.3 Å². The number of rotatable bonds is 5. The second-order valence-electron chi connectivity index (χ2n) is 7.01. The van der Waals surface area contributed by atoms with Gasteiger partial charge in [0.05, 0.1) is 0 Å². The third kappa shape index (κ3) is 3.21. The molecule has 1 N–H and O–H groups in total. The van der Waals surface area contributed by atoms with Crippen LogP contribution < -0.4 is 21.5 Å². The van der Waals surface area contributed by atoms with Gasteiger partial charge in [-0.3, -0.25) is 13.9 Å². The zero-order chi connectivity index (χ0) is 18.8. The van der Waals surface area contributed by atoms with Crippen LogP contribution in [0.25, 0.3) is 11.2 Å². The Morgan fingerprint density at radius 3 is 2.50 bits per heavy atom. The number of piperazine rings is 1. The van der Waals surface area contributed by atoms with E-state index in [9.17, 15) is 9.59 Å². The molecule has 1 saturated heterocycles. The van der Waals surface area contributed by atoms with Gasteiger partial charge in [-0.2, -0.15) is 4.98 Å². The quantitative estimate of drug-likeness (QED) is 0.794. The van der Waals surface area contributed by atoms with E-state index in [0.717, 1.165) is 38.5 Å². The number of allylic oxidation sites excluding steroid dienone is 2. The molecule has 0 aromatic carbocycles. The van der Waals surface area contributed by atoms with Crippen molar-refractivity contribution < 1.29 is 0 Å². The first-order chi connectivity index (χ1) is 12.5. The number of nitrogens with zero attached hydrogens (tertiary/aromatic N) is 5. The molecule has 0 unspecified atom stereocenters. The van der Waals surface area contributed by atoms with Crippen LogP contribution in [0.5, 0.6) is 0 Å². The zero-order valence-corrected chi connectivity index (χ0v) is 16.1. The number of aryl methyl sites for hydroxylation is 1. The van der Waals surface area contributed by atoms with Crippen LogP contribution in [0, 0.1) is 0 Å². The number of hydrogen-bond acceptors (Lipinski definition) is 5. The maximum Gasteiger partial charge on any atom is 0.332 e. The van der Waals surface area contributed by atoms with E-state index >= 15 is 0 Å². The maximum atomic E-state index is 13.1. The van der Waals surface area contributed by atoms with Crippen molar-refractivity contribution in [3.8, 4) is 0 Å².